The topological polar surface area (TPSA) is 84.6 Å². The number of benzene rings is 2. The third kappa shape index (κ3) is 3.83. The van der Waals surface area contributed by atoms with Gasteiger partial charge in [0.25, 0.3) is 0 Å². The number of nitrogens with one attached hydrogen (secondary N) is 1. The summed E-state index contributed by atoms with van der Waals surface area (Å²) in [6, 6.07) is 10.4. The molecule has 0 bridgehead atoms. The third-order valence-corrected chi connectivity index (χ3v) is 4.98. The molecule has 1 amide bonds. The van der Waals surface area contributed by atoms with Crippen molar-refractivity contribution in [3.63, 3.8) is 0 Å². The van der Waals surface area contributed by atoms with Crippen LogP contribution in [0.5, 0.6) is 5.75 Å². The molecule has 2 aromatic rings. The number of nitrogens with two attached hydrogens (primary N) is 1. The van der Waals surface area contributed by atoms with Crippen molar-refractivity contribution in [3.05, 3.63) is 59.2 Å². The van der Waals surface area contributed by atoms with Crippen LogP contribution in [0.2, 0.25) is 0 Å². The summed E-state index contributed by atoms with van der Waals surface area (Å²) in [5, 5.41) is 13.1. The van der Waals surface area contributed by atoms with E-state index in [-0.39, 0.29) is 13.2 Å². The van der Waals surface area contributed by atoms with Gasteiger partial charge in [-0.25, -0.2) is 0 Å². The predicted molar refractivity (Wildman–Crippen MR) is 108 cm³/mol. The largest absolute Gasteiger partial charge is 0.492 e. The van der Waals surface area contributed by atoms with Crippen molar-refractivity contribution in [1.82, 2.24) is 0 Å². The van der Waals surface area contributed by atoms with Gasteiger partial charge in [-0.2, -0.15) is 0 Å². The van der Waals surface area contributed by atoms with E-state index in [4.69, 9.17) is 10.5 Å². The van der Waals surface area contributed by atoms with Crippen molar-refractivity contribution in [1.29, 1.82) is 0 Å². The van der Waals surface area contributed by atoms with Crippen molar-refractivity contribution < 1.29 is 14.6 Å². The maximum atomic E-state index is 11.3. The molecule has 0 spiro atoms. The van der Waals surface area contributed by atoms with Crippen LogP contribution in [0, 0.1) is 0 Å². The van der Waals surface area contributed by atoms with Crippen LogP contribution in [0.4, 0.5) is 5.69 Å². The van der Waals surface area contributed by atoms with Gasteiger partial charge in [0, 0.05) is 40.9 Å². The second-order valence-electron chi connectivity index (χ2n) is 7.11. The van der Waals surface area contributed by atoms with E-state index in [1.807, 2.05) is 6.07 Å². The lowest BCUT2D eigenvalue weighted by atomic mass is 9.93. The van der Waals surface area contributed by atoms with Gasteiger partial charge in [-0.3, -0.25) is 4.79 Å². The lowest BCUT2D eigenvalue weighted by Gasteiger charge is -2.18. The Kier molecular flexibility index (Phi) is 5.51. The predicted octanol–water partition coefficient (Wildman–Crippen LogP) is 3.36. The second kappa shape index (κ2) is 7.84. The number of hydrogen-bond acceptors (Lipinski definition) is 4. The van der Waals surface area contributed by atoms with E-state index in [2.05, 4.69) is 50.0 Å². The highest BCUT2D eigenvalue weighted by molar-refractivity contribution is 5.92. The normalized spacial score (nSPS) is 12.6. The Balaban J connectivity index is 2.03. The number of ether oxygens (including phenoxy) is 1. The highest BCUT2D eigenvalue weighted by Crippen LogP contribution is 2.42. The third-order valence-electron chi connectivity index (χ3n) is 4.98. The molecule has 1 heterocycles. The first-order valence-electron chi connectivity index (χ1n) is 9.16. The molecule has 0 saturated heterocycles. The van der Waals surface area contributed by atoms with E-state index in [0.29, 0.717) is 18.1 Å². The molecule has 0 aromatic heterocycles. The SMILES string of the molecule is C=C(CNc1cc(-c2ccc(C(C)C)cc2)c2c(c1CO)CCO2)C(N)=O. The minimum Gasteiger partial charge on any atom is -0.492 e. The molecule has 142 valence electrons. The molecule has 0 fully saturated rings. The fourth-order valence-corrected chi connectivity index (χ4v) is 3.33. The van der Waals surface area contributed by atoms with Crippen LogP contribution >= 0.6 is 0 Å². The van der Waals surface area contributed by atoms with Gasteiger partial charge in [0.2, 0.25) is 5.91 Å². The van der Waals surface area contributed by atoms with Crippen molar-refractivity contribution >= 4 is 11.6 Å². The summed E-state index contributed by atoms with van der Waals surface area (Å²) in [6.07, 6.45) is 0.745. The quantitative estimate of drug-likeness (QED) is 0.656. The number of aliphatic hydroxyl groups excluding tert-OH is 1. The molecule has 2 aromatic carbocycles. The molecule has 27 heavy (non-hydrogen) atoms. The van der Waals surface area contributed by atoms with Crippen LogP contribution in [-0.4, -0.2) is 24.2 Å². The lowest BCUT2D eigenvalue weighted by molar-refractivity contribution is -0.114. The molecule has 5 heteroatoms. The first-order valence-corrected chi connectivity index (χ1v) is 9.16. The molecule has 0 radical (unpaired) electrons. The molecular weight excluding hydrogens is 340 g/mol. The first-order chi connectivity index (χ1) is 12.9. The summed E-state index contributed by atoms with van der Waals surface area (Å²) in [5.41, 5.74) is 11.4. The Morgan fingerprint density at radius 1 is 1.33 bits per heavy atom. The van der Waals surface area contributed by atoms with Gasteiger partial charge in [-0.1, -0.05) is 44.7 Å². The molecule has 0 aliphatic carbocycles. The van der Waals surface area contributed by atoms with Crippen LogP contribution in [0.25, 0.3) is 11.1 Å². The van der Waals surface area contributed by atoms with Crippen molar-refractivity contribution in [3.8, 4) is 16.9 Å². The van der Waals surface area contributed by atoms with E-state index in [9.17, 15) is 9.90 Å². The number of fused-ring (bicyclic) bond motifs is 1. The zero-order valence-corrected chi connectivity index (χ0v) is 15.8. The standard InChI is InChI=1S/C22H26N2O3/c1-13(2)15-4-6-16(7-5-15)18-10-20(24-11-14(3)22(23)26)19(12-25)17-8-9-27-21(17)18/h4-7,10,13,24-25H,3,8-9,11-12H2,1-2H3,(H2,23,26). The number of rotatable bonds is 7. The molecule has 0 unspecified atom stereocenters. The van der Waals surface area contributed by atoms with Gasteiger partial charge >= 0.3 is 0 Å². The zero-order valence-electron chi connectivity index (χ0n) is 15.8. The van der Waals surface area contributed by atoms with Gasteiger partial charge in [-0.05, 0) is 23.1 Å². The fraction of sp³-hybridized carbons (Fsp3) is 0.318. The first kappa shape index (κ1) is 19.0. The summed E-state index contributed by atoms with van der Waals surface area (Å²) in [4.78, 5) is 11.3. The Morgan fingerprint density at radius 2 is 2.04 bits per heavy atom. The molecule has 1 aliphatic heterocycles. The Morgan fingerprint density at radius 3 is 2.63 bits per heavy atom. The van der Waals surface area contributed by atoms with E-state index < -0.39 is 5.91 Å². The van der Waals surface area contributed by atoms with E-state index >= 15 is 0 Å². The second-order valence-corrected chi connectivity index (χ2v) is 7.11. The molecule has 3 rings (SSSR count). The molecule has 0 atom stereocenters. The smallest absolute Gasteiger partial charge is 0.245 e. The van der Waals surface area contributed by atoms with Crippen LogP contribution < -0.4 is 15.8 Å². The summed E-state index contributed by atoms with van der Waals surface area (Å²) >= 11 is 0. The summed E-state index contributed by atoms with van der Waals surface area (Å²) < 4.78 is 5.89. The lowest BCUT2D eigenvalue weighted by Crippen LogP contribution is -2.19. The van der Waals surface area contributed by atoms with E-state index in [1.165, 1.54) is 5.56 Å². The van der Waals surface area contributed by atoms with Crippen molar-refractivity contribution in [2.24, 2.45) is 5.73 Å². The zero-order chi connectivity index (χ0) is 19.6. The minimum atomic E-state index is -0.540. The highest BCUT2D eigenvalue weighted by atomic mass is 16.5. The molecule has 0 saturated carbocycles. The van der Waals surface area contributed by atoms with E-state index in [0.717, 1.165) is 40.1 Å². The van der Waals surface area contributed by atoms with Crippen LogP contribution in [0.3, 0.4) is 0 Å². The summed E-state index contributed by atoms with van der Waals surface area (Å²) in [7, 11) is 0. The van der Waals surface area contributed by atoms with Gasteiger partial charge < -0.3 is 20.9 Å². The van der Waals surface area contributed by atoms with Crippen LogP contribution in [0.1, 0.15) is 36.5 Å². The number of hydrogen-bond donors (Lipinski definition) is 3. The monoisotopic (exact) mass is 366 g/mol. The van der Waals surface area contributed by atoms with E-state index in [1.54, 1.807) is 0 Å². The summed E-state index contributed by atoms with van der Waals surface area (Å²) in [6.45, 7) is 8.73. The number of amides is 1. The van der Waals surface area contributed by atoms with Crippen LogP contribution in [-0.2, 0) is 17.8 Å². The fourth-order valence-electron chi connectivity index (χ4n) is 3.33. The number of aliphatic hydroxyl groups is 1. The summed E-state index contributed by atoms with van der Waals surface area (Å²) in [5.74, 6) is 0.757. The highest BCUT2D eigenvalue weighted by Gasteiger charge is 2.24. The molecule has 5 nitrogen and oxygen atoms in total. The number of anilines is 1. The molecular formula is C22H26N2O3. The maximum absolute atomic E-state index is 11.3. The Hall–Kier alpha value is -2.79. The molecule has 4 N–H and O–H groups in total. The van der Waals surface area contributed by atoms with Crippen molar-refractivity contribution in [2.75, 3.05) is 18.5 Å². The Labute approximate surface area is 159 Å². The number of primary amides is 1. The van der Waals surface area contributed by atoms with Crippen molar-refractivity contribution in [2.45, 2.75) is 32.8 Å². The number of carbonyl (C=O) groups is 1. The van der Waals surface area contributed by atoms with Gasteiger partial charge in [0.1, 0.15) is 5.75 Å². The minimum absolute atomic E-state index is 0.107. The maximum Gasteiger partial charge on any atom is 0.245 e. The number of carbonyl (C=O) groups excluding carboxylic acids is 1. The van der Waals surface area contributed by atoms with Gasteiger partial charge in [0.05, 0.1) is 13.2 Å². The van der Waals surface area contributed by atoms with Gasteiger partial charge in [0.15, 0.2) is 0 Å². The Bertz CT molecular complexity index is 870. The average molecular weight is 366 g/mol. The van der Waals surface area contributed by atoms with Crippen LogP contribution in [0.15, 0.2) is 42.5 Å². The van der Waals surface area contributed by atoms with Gasteiger partial charge in [-0.15, -0.1) is 0 Å². The molecule has 1 aliphatic rings. The average Bonchev–Trinajstić information content (AvgIpc) is 3.14.